The van der Waals surface area contributed by atoms with E-state index in [9.17, 15) is 14.7 Å². The smallest absolute Gasteiger partial charge is 0.346 e. The molecular weight excluding hydrogens is 298 g/mol. The van der Waals surface area contributed by atoms with Crippen LogP contribution >= 0.6 is 0 Å². The Bertz CT molecular complexity index is 644. The summed E-state index contributed by atoms with van der Waals surface area (Å²) in [6, 6.07) is 4.21. The molecular formula is C16H21N3O4. The molecule has 0 aliphatic carbocycles. The van der Waals surface area contributed by atoms with Gasteiger partial charge in [0.25, 0.3) is 5.91 Å². The zero-order valence-electron chi connectivity index (χ0n) is 13.5. The monoisotopic (exact) mass is 319 g/mol. The Morgan fingerprint density at radius 1 is 1.39 bits per heavy atom. The number of benzene rings is 1. The molecule has 1 atom stereocenters. The van der Waals surface area contributed by atoms with E-state index in [0.29, 0.717) is 24.3 Å². The first-order valence-electron chi connectivity index (χ1n) is 7.57. The van der Waals surface area contributed by atoms with Crippen LogP contribution in [0.5, 0.6) is 11.5 Å². The molecule has 1 saturated heterocycles. The number of carbonyl (C=O) groups is 2. The zero-order chi connectivity index (χ0) is 17.0. The van der Waals surface area contributed by atoms with E-state index in [1.807, 2.05) is 13.8 Å². The molecule has 1 aromatic carbocycles. The van der Waals surface area contributed by atoms with Crippen LogP contribution < -0.4 is 10.1 Å². The summed E-state index contributed by atoms with van der Waals surface area (Å²) in [5.74, 6) is 0.103. The number of ether oxygens (including phenoxy) is 1. The minimum Gasteiger partial charge on any atom is -0.507 e. The van der Waals surface area contributed by atoms with Crippen molar-refractivity contribution in [3.8, 4) is 11.5 Å². The van der Waals surface area contributed by atoms with Crippen molar-refractivity contribution >= 4 is 18.2 Å². The largest absolute Gasteiger partial charge is 0.507 e. The van der Waals surface area contributed by atoms with Crippen LogP contribution in [0, 0.1) is 0 Å². The summed E-state index contributed by atoms with van der Waals surface area (Å²) in [6.45, 7) is 6.01. The highest BCUT2D eigenvalue weighted by atomic mass is 16.5. The number of carbonyl (C=O) groups excluding carboxylic acids is 2. The number of aromatic hydroxyl groups is 1. The molecule has 0 spiro atoms. The van der Waals surface area contributed by atoms with Crippen LogP contribution in [0.25, 0.3) is 0 Å². The van der Waals surface area contributed by atoms with Gasteiger partial charge in [-0.1, -0.05) is 13.8 Å². The Labute approximate surface area is 134 Å². The van der Waals surface area contributed by atoms with Gasteiger partial charge in [-0.3, -0.25) is 4.79 Å². The van der Waals surface area contributed by atoms with E-state index in [1.54, 1.807) is 19.1 Å². The first kappa shape index (κ1) is 16.8. The van der Waals surface area contributed by atoms with Gasteiger partial charge in [-0.25, -0.2) is 4.79 Å². The van der Waals surface area contributed by atoms with E-state index in [1.165, 1.54) is 12.3 Å². The summed E-state index contributed by atoms with van der Waals surface area (Å²) in [4.78, 5) is 24.0. The molecule has 0 unspecified atom stereocenters. The van der Waals surface area contributed by atoms with Gasteiger partial charge in [-0.15, -0.1) is 5.01 Å². The second-order valence-electron chi connectivity index (χ2n) is 5.55. The van der Waals surface area contributed by atoms with Gasteiger partial charge in [-0.05, 0) is 31.9 Å². The molecule has 23 heavy (non-hydrogen) atoms. The molecule has 2 N–H and O–H groups in total. The van der Waals surface area contributed by atoms with Gasteiger partial charge in [0.1, 0.15) is 17.0 Å². The maximum absolute atomic E-state index is 12.2. The van der Waals surface area contributed by atoms with E-state index in [2.05, 4.69) is 10.4 Å². The highest BCUT2D eigenvalue weighted by Crippen LogP contribution is 2.24. The molecule has 1 fully saturated rings. The van der Waals surface area contributed by atoms with Crippen LogP contribution in [0.15, 0.2) is 23.3 Å². The van der Waals surface area contributed by atoms with Gasteiger partial charge in [0.05, 0.1) is 12.8 Å². The van der Waals surface area contributed by atoms with E-state index < -0.39 is 17.5 Å². The standard InChI is InChI=1S/C16H21N3O4/c1-4-8-23-12-7-6-11(13(20)9-12)10-17-19-14(21)16(3,5-2)18-15(19)22/h6-7,9-10,20H,4-5,8H2,1-3H3,(H,18,22)/b17-10+/t16-/m0/s1. The van der Waals surface area contributed by atoms with Gasteiger partial charge in [0.15, 0.2) is 0 Å². The molecule has 1 aliphatic heterocycles. The van der Waals surface area contributed by atoms with Crippen LogP contribution in [0.4, 0.5) is 4.79 Å². The lowest BCUT2D eigenvalue weighted by atomic mass is 10.00. The fourth-order valence-electron chi connectivity index (χ4n) is 2.08. The lowest BCUT2D eigenvalue weighted by Crippen LogP contribution is -2.42. The fourth-order valence-corrected chi connectivity index (χ4v) is 2.08. The minimum atomic E-state index is -0.936. The number of rotatable bonds is 6. The Morgan fingerprint density at radius 2 is 2.13 bits per heavy atom. The molecule has 2 rings (SSSR count). The quantitative estimate of drug-likeness (QED) is 0.621. The van der Waals surface area contributed by atoms with Gasteiger partial charge in [-0.2, -0.15) is 5.10 Å². The van der Waals surface area contributed by atoms with Crippen LogP contribution in [0.1, 0.15) is 39.2 Å². The van der Waals surface area contributed by atoms with Crippen LogP contribution in [0.2, 0.25) is 0 Å². The van der Waals surface area contributed by atoms with Crippen molar-refractivity contribution in [3.05, 3.63) is 23.8 Å². The molecule has 1 heterocycles. The van der Waals surface area contributed by atoms with Crippen molar-refractivity contribution in [2.45, 2.75) is 39.2 Å². The van der Waals surface area contributed by atoms with E-state index in [-0.39, 0.29) is 5.75 Å². The third-order valence-electron chi connectivity index (χ3n) is 3.73. The third-order valence-corrected chi connectivity index (χ3v) is 3.73. The van der Waals surface area contributed by atoms with E-state index in [4.69, 9.17) is 4.74 Å². The van der Waals surface area contributed by atoms with Gasteiger partial charge < -0.3 is 15.2 Å². The maximum Gasteiger partial charge on any atom is 0.346 e. The normalized spacial score (nSPS) is 21.1. The minimum absolute atomic E-state index is 0.0346. The highest BCUT2D eigenvalue weighted by Gasteiger charge is 2.46. The highest BCUT2D eigenvalue weighted by molar-refractivity contribution is 6.07. The predicted octanol–water partition coefficient (Wildman–Crippen LogP) is 2.24. The second kappa shape index (κ2) is 6.68. The summed E-state index contributed by atoms with van der Waals surface area (Å²) >= 11 is 0. The number of nitrogens with one attached hydrogen (secondary N) is 1. The van der Waals surface area contributed by atoms with Crippen LogP contribution in [-0.4, -0.2) is 40.4 Å². The molecule has 7 nitrogen and oxygen atoms in total. The van der Waals surface area contributed by atoms with Crippen LogP contribution in [0.3, 0.4) is 0 Å². The van der Waals surface area contributed by atoms with Crippen molar-refractivity contribution in [2.24, 2.45) is 5.10 Å². The number of phenols is 1. The molecule has 124 valence electrons. The number of hydrogen-bond donors (Lipinski definition) is 2. The molecule has 0 aromatic heterocycles. The van der Waals surface area contributed by atoms with Crippen molar-refractivity contribution in [3.63, 3.8) is 0 Å². The second-order valence-corrected chi connectivity index (χ2v) is 5.55. The summed E-state index contributed by atoms with van der Waals surface area (Å²) in [5, 5.41) is 17.3. The van der Waals surface area contributed by atoms with Crippen molar-refractivity contribution < 1.29 is 19.4 Å². The summed E-state index contributed by atoms with van der Waals surface area (Å²) < 4.78 is 5.41. The van der Waals surface area contributed by atoms with E-state index >= 15 is 0 Å². The Hall–Kier alpha value is -2.57. The van der Waals surface area contributed by atoms with Crippen molar-refractivity contribution in [1.29, 1.82) is 0 Å². The topological polar surface area (TPSA) is 91.2 Å². The number of amides is 3. The van der Waals surface area contributed by atoms with Gasteiger partial charge >= 0.3 is 6.03 Å². The molecule has 0 radical (unpaired) electrons. The van der Waals surface area contributed by atoms with Gasteiger partial charge in [0.2, 0.25) is 0 Å². The number of hydrazone groups is 1. The molecule has 1 aromatic rings. The lowest BCUT2D eigenvalue weighted by Gasteiger charge is -2.17. The summed E-state index contributed by atoms with van der Waals surface area (Å²) in [5.41, 5.74) is -0.548. The number of hydrogen-bond acceptors (Lipinski definition) is 5. The lowest BCUT2D eigenvalue weighted by molar-refractivity contribution is -0.130. The summed E-state index contributed by atoms with van der Waals surface area (Å²) in [7, 11) is 0. The average Bonchev–Trinajstić information content (AvgIpc) is 2.75. The van der Waals surface area contributed by atoms with Crippen LogP contribution in [-0.2, 0) is 4.79 Å². The Balaban J connectivity index is 2.14. The molecule has 7 heteroatoms. The zero-order valence-corrected chi connectivity index (χ0v) is 13.5. The first-order valence-corrected chi connectivity index (χ1v) is 7.57. The van der Waals surface area contributed by atoms with E-state index in [0.717, 1.165) is 11.4 Å². The van der Waals surface area contributed by atoms with Gasteiger partial charge in [0, 0.05) is 11.6 Å². The average molecular weight is 319 g/mol. The fraction of sp³-hybridized carbons (Fsp3) is 0.438. The van der Waals surface area contributed by atoms with Crippen molar-refractivity contribution in [1.82, 2.24) is 10.3 Å². The first-order chi connectivity index (χ1) is 10.9. The Kier molecular flexibility index (Phi) is 4.88. The molecule has 3 amide bonds. The molecule has 0 saturated carbocycles. The third kappa shape index (κ3) is 3.44. The SMILES string of the molecule is CCCOc1ccc(/C=N/N2C(=O)N[C@@](C)(CC)C2=O)c(O)c1. The Morgan fingerprint density at radius 3 is 2.70 bits per heavy atom. The molecule has 1 aliphatic rings. The van der Waals surface area contributed by atoms with Crippen molar-refractivity contribution in [2.75, 3.05) is 6.61 Å². The number of urea groups is 1. The number of imide groups is 1. The maximum atomic E-state index is 12.2. The number of nitrogens with zero attached hydrogens (tertiary/aromatic N) is 2. The number of phenolic OH excluding ortho intramolecular Hbond substituents is 1. The summed E-state index contributed by atoms with van der Waals surface area (Å²) in [6.07, 6.45) is 2.61. The molecule has 0 bridgehead atoms. The predicted molar refractivity (Wildman–Crippen MR) is 85.6 cm³/mol.